The molecule has 2 rings (SSSR count). The normalized spacial score (nSPS) is 37.4. The molecule has 3 heteroatoms. The summed E-state index contributed by atoms with van der Waals surface area (Å²) < 4.78 is 0. The summed E-state index contributed by atoms with van der Waals surface area (Å²) in [5, 5.41) is 11.9. The van der Waals surface area contributed by atoms with Crippen molar-refractivity contribution in [1.82, 2.24) is 5.32 Å². The first-order valence-corrected chi connectivity index (χ1v) is 4.88. The van der Waals surface area contributed by atoms with Crippen LogP contribution in [0.1, 0.15) is 32.6 Å². The lowest BCUT2D eigenvalue weighted by Gasteiger charge is -2.39. The van der Waals surface area contributed by atoms with Crippen molar-refractivity contribution in [2.45, 2.75) is 38.6 Å². The highest BCUT2D eigenvalue weighted by atomic mass is 16.2. The Bertz CT molecular complexity index is 269. The fraction of sp³-hybridized carbons (Fsp3) is 0.800. The zero-order valence-corrected chi connectivity index (χ0v) is 7.84. The monoisotopic (exact) mass is 178 g/mol. The third-order valence-corrected chi connectivity index (χ3v) is 2.96. The van der Waals surface area contributed by atoms with E-state index in [1.807, 2.05) is 0 Å². The van der Waals surface area contributed by atoms with Gasteiger partial charge in [-0.1, -0.05) is 6.92 Å². The Morgan fingerprint density at radius 3 is 2.54 bits per heavy atom. The Balaban J connectivity index is 1.96. The molecule has 2 aliphatic carbocycles. The van der Waals surface area contributed by atoms with Gasteiger partial charge in [0.05, 0.1) is 6.07 Å². The Morgan fingerprint density at radius 1 is 1.54 bits per heavy atom. The van der Waals surface area contributed by atoms with Crippen molar-refractivity contribution in [3.05, 3.63) is 0 Å². The maximum Gasteiger partial charge on any atom is 0.240 e. The van der Waals surface area contributed by atoms with Gasteiger partial charge in [-0.25, -0.2) is 0 Å². The van der Waals surface area contributed by atoms with Crippen molar-refractivity contribution in [2.24, 2.45) is 11.3 Å². The lowest BCUT2D eigenvalue weighted by atomic mass is 9.63. The van der Waals surface area contributed by atoms with E-state index in [0.29, 0.717) is 12.0 Å². The summed E-state index contributed by atoms with van der Waals surface area (Å²) in [5.41, 5.74) is -0.679. The molecular weight excluding hydrogens is 164 g/mol. The molecule has 70 valence electrons. The van der Waals surface area contributed by atoms with Gasteiger partial charge in [0.1, 0.15) is 5.41 Å². The van der Waals surface area contributed by atoms with E-state index in [2.05, 4.69) is 18.3 Å². The average Bonchev–Trinajstić information content (AvgIpc) is 2.81. The molecule has 3 nitrogen and oxygen atoms in total. The molecule has 0 aromatic rings. The number of hydrogen-bond acceptors (Lipinski definition) is 2. The minimum absolute atomic E-state index is 0.0319. The number of nitriles is 1. The Hall–Kier alpha value is -1.04. The zero-order chi connectivity index (χ0) is 9.47. The smallest absolute Gasteiger partial charge is 0.240 e. The van der Waals surface area contributed by atoms with E-state index in [4.69, 9.17) is 5.26 Å². The first-order chi connectivity index (χ1) is 6.16. The van der Waals surface area contributed by atoms with Crippen LogP contribution in [0.5, 0.6) is 0 Å². The van der Waals surface area contributed by atoms with E-state index >= 15 is 0 Å². The van der Waals surface area contributed by atoms with Crippen LogP contribution in [0.4, 0.5) is 0 Å². The predicted molar refractivity (Wildman–Crippen MR) is 47.6 cm³/mol. The van der Waals surface area contributed by atoms with Gasteiger partial charge in [-0.15, -0.1) is 0 Å². The van der Waals surface area contributed by atoms with Crippen LogP contribution >= 0.6 is 0 Å². The standard InChI is InChI=1S/C10H14N2O/c1-7-4-10(5-7,6-11)9(13)12-8-2-3-8/h7-8H,2-5H2,1H3,(H,12,13). The first-order valence-electron chi connectivity index (χ1n) is 4.88. The molecule has 0 aromatic heterocycles. The molecule has 0 atom stereocenters. The van der Waals surface area contributed by atoms with Gasteiger partial charge in [-0.2, -0.15) is 5.26 Å². The van der Waals surface area contributed by atoms with Crippen LogP contribution in [-0.2, 0) is 4.79 Å². The van der Waals surface area contributed by atoms with Crippen molar-refractivity contribution in [3.8, 4) is 6.07 Å². The fourth-order valence-corrected chi connectivity index (χ4v) is 2.01. The van der Waals surface area contributed by atoms with Gasteiger partial charge in [0, 0.05) is 6.04 Å². The Morgan fingerprint density at radius 2 is 2.15 bits per heavy atom. The van der Waals surface area contributed by atoms with Gasteiger partial charge in [0.2, 0.25) is 5.91 Å². The van der Waals surface area contributed by atoms with Crippen molar-refractivity contribution in [3.63, 3.8) is 0 Å². The lowest BCUT2D eigenvalue weighted by molar-refractivity contribution is -0.134. The SMILES string of the molecule is CC1CC(C#N)(C(=O)NC2CC2)C1. The Labute approximate surface area is 78.1 Å². The average molecular weight is 178 g/mol. The molecule has 0 spiro atoms. The highest BCUT2D eigenvalue weighted by molar-refractivity contribution is 5.86. The summed E-state index contributed by atoms with van der Waals surface area (Å²) in [6.45, 7) is 2.08. The largest absolute Gasteiger partial charge is 0.352 e. The third kappa shape index (κ3) is 1.41. The first kappa shape index (κ1) is 8.55. The minimum Gasteiger partial charge on any atom is -0.352 e. The molecule has 0 bridgehead atoms. The van der Waals surface area contributed by atoms with E-state index in [1.54, 1.807) is 0 Å². The summed E-state index contributed by atoms with van der Waals surface area (Å²) >= 11 is 0. The molecule has 0 unspecified atom stereocenters. The molecule has 2 fully saturated rings. The molecule has 1 N–H and O–H groups in total. The van der Waals surface area contributed by atoms with Crippen LogP contribution in [0.3, 0.4) is 0 Å². The van der Waals surface area contributed by atoms with Gasteiger partial charge in [-0.3, -0.25) is 4.79 Å². The quantitative estimate of drug-likeness (QED) is 0.690. The summed E-state index contributed by atoms with van der Waals surface area (Å²) in [6, 6.07) is 2.54. The van der Waals surface area contributed by atoms with E-state index in [9.17, 15) is 4.79 Å². The second-order valence-electron chi connectivity index (χ2n) is 4.46. The molecule has 0 saturated heterocycles. The highest BCUT2D eigenvalue weighted by Crippen LogP contribution is 2.45. The second kappa shape index (κ2) is 2.73. The summed E-state index contributed by atoms with van der Waals surface area (Å²) in [7, 11) is 0. The molecule has 13 heavy (non-hydrogen) atoms. The zero-order valence-electron chi connectivity index (χ0n) is 7.84. The Kier molecular flexibility index (Phi) is 1.80. The number of nitrogens with zero attached hydrogens (tertiary/aromatic N) is 1. The van der Waals surface area contributed by atoms with Gasteiger partial charge < -0.3 is 5.32 Å². The molecule has 1 amide bonds. The summed E-state index contributed by atoms with van der Waals surface area (Å²) in [6.07, 6.45) is 3.65. The molecular formula is C10H14N2O. The van der Waals surface area contributed by atoms with E-state index in [0.717, 1.165) is 25.7 Å². The third-order valence-electron chi connectivity index (χ3n) is 2.96. The molecule has 0 radical (unpaired) electrons. The van der Waals surface area contributed by atoms with E-state index in [1.165, 1.54) is 0 Å². The van der Waals surface area contributed by atoms with E-state index < -0.39 is 5.41 Å². The number of hydrogen-bond donors (Lipinski definition) is 1. The number of amides is 1. The van der Waals surface area contributed by atoms with E-state index in [-0.39, 0.29) is 5.91 Å². The minimum atomic E-state index is -0.679. The van der Waals surface area contributed by atoms with Crippen LogP contribution < -0.4 is 5.32 Å². The maximum absolute atomic E-state index is 11.6. The van der Waals surface area contributed by atoms with Gasteiger partial charge in [0.15, 0.2) is 0 Å². The number of carbonyl (C=O) groups excluding carboxylic acids is 1. The molecule has 2 saturated carbocycles. The second-order valence-corrected chi connectivity index (χ2v) is 4.46. The van der Waals surface area contributed by atoms with Crippen LogP contribution in [0.25, 0.3) is 0 Å². The van der Waals surface area contributed by atoms with Crippen molar-refractivity contribution >= 4 is 5.91 Å². The number of carbonyl (C=O) groups is 1. The van der Waals surface area contributed by atoms with Crippen molar-refractivity contribution < 1.29 is 4.79 Å². The fourth-order valence-electron chi connectivity index (χ4n) is 2.01. The van der Waals surface area contributed by atoms with Crippen molar-refractivity contribution in [2.75, 3.05) is 0 Å². The topological polar surface area (TPSA) is 52.9 Å². The molecule has 0 aliphatic heterocycles. The van der Waals surface area contributed by atoms with Gasteiger partial charge in [-0.05, 0) is 31.6 Å². The maximum atomic E-state index is 11.6. The lowest BCUT2D eigenvalue weighted by Crippen LogP contribution is -2.48. The highest BCUT2D eigenvalue weighted by Gasteiger charge is 2.49. The summed E-state index contributed by atoms with van der Waals surface area (Å²) in [4.78, 5) is 11.6. The van der Waals surface area contributed by atoms with Gasteiger partial charge in [0.25, 0.3) is 0 Å². The number of nitrogens with one attached hydrogen (secondary N) is 1. The molecule has 0 heterocycles. The molecule has 2 aliphatic rings. The van der Waals surface area contributed by atoms with Crippen LogP contribution in [0.15, 0.2) is 0 Å². The van der Waals surface area contributed by atoms with Crippen LogP contribution in [0.2, 0.25) is 0 Å². The summed E-state index contributed by atoms with van der Waals surface area (Å²) in [5.74, 6) is 0.500. The van der Waals surface area contributed by atoms with Crippen LogP contribution in [-0.4, -0.2) is 11.9 Å². The predicted octanol–water partition coefficient (Wildman–Crippen LogP) is 1.20. The molecule has 0 aromatic carbocycles. The van der Waals surface area contributed by atoms with Gasteiger partial charge >= 0.3 is 0 Å². The van der Waals surface area contributed by atoms with Crippen molar-refractivity contribution in [1.29, 1.82) is 5.26 Å². The number of rotatable bonds is 2. The van der Waals surface area contributed by atoms with Crippen LogP contribution in [0, 0.1) is 22.7 Å².